The number of aryl methyl sites for hydroxylation is 1. The van der Waals surface area contributed by atoms with Gasteiger partial charge in [-0.25, -0.2) is 9.69 Å². The van der Waals surface area contributed by atoms with Gasteiger partial charge in [0.25, 0.3) is 11.8 Å². The third kappa shape index (κ3) is 3.89. The number of barbiturate groups is 1. The number of carbonyl (C=O) groups is 3. The number of carbonyl (C=O) groups excluding carboxylic acids is 3. The van der Waals surface area contributed by atoms with Crippen LogP contribution in [0.25, 0.3) is 17.0 Å². The molecule has 0 bridgehead atoms. The van der Waals surface area contributed by atoms with Gasteiger partial charge in [0.15, 0.2) is 0 Å². The Labute approximate surface area is 201 Å². The largest absolute Gasteiger partial charge is 0.342 e. The van der Waals surface area contributed by atoms with E-state index in [1.54, 1.807) is 25.1 Å². The number of nitrogens with zero attached hydrogens (tertiary/aromatic N) is 2. The number of fused-ring (bicyclic) bond motifs is 1. The Balaban J connectivity index is 1.59. The Kier molecular flexibility index (Phi) is 5.51. The van der Waals surface area contributed by atoms with Crippen molar-refractivity contribution in [2.24, 2.45) is 0 Å². The number of urea groups is 1. The summed E-state index contributed by atoms with van der Waals surface area (Å²) < 4.78 is 2.08. The van der Waals surface area contributed by atoms with Crippen molar-refractivity contribution >= 4 is 52.1 Å². The van der Waals surface area contributed by atoms with E-state index >= 15 is 0 Å². The van der Waals surface area contributed by atoms with Crippen molar-refractivity contribution < 1.29 is 14.4 Å². The first-order chi connectivity index (χ1) is 16.4. The summed E-state index contributed by atoms with van der Waals surface area (Å²) in [5.74, 6) is -1.43. The molecule has 0 atom stereocenters. The van der Waals surface area contributed by atoms with E-state index < -0.39 is 17.8 Å². The van der Waals surface area contributed by atoms with Crippen molar-refractivity contribution in [2.45, 2.75) is 13.5 Å². The standard InChI is InChI=1S/C27H20ClN3O3/c1-17-11-12-20(28)14-24(17)31-26(33)22(25(32)29-27(31)34)13-19-16-30(15-18-7-3-2-4-8-18)23-10-6-5-9-21(19)23/h2-14,16H,15H2,1H3,(H,29,32,34)/b22-13+. The zero-order valence-electron chi connectivity index (χ0n) is 18.3. The summed E-state index contributed by atoms with van der Waals surface area (Å²) in [6.45, 7) is 2.40. The van der Waals surface area contributed by atoms with E-state index in [0.29, 0.717) is 28.4 Å². The summed E-state index contributed by atoms with van der Waals surface area (Å²) in [5, 5.41) is 3.56. The smallest absolute Gasteiger partial charge is 0.335 e. The molecule has 0 aliphatic carbocycles. The predicted molar refractivity (Wildman–Crippen MR) is 133 cm³/mol. The number of hydrogen-bond acceptors (Lipinski definition) is 3. The molecule has 1 fully saturated rings. The van der Waals surface area contributed by atoms with Gasteiger partial charge in [-0.05, 0) is 42.3 Å². The highest BCUT2D eigenvalue weighted by atomic mass is 35.5. The molecule has 0 saturated carbocycles. The molecule has 2 heterocycles. The Morgan fingerprint density at radius 1 is 0.941 bits per heavy atom. The molecule has 1 aromatic heterocycles. The number of nitrogens with one attached hydrogen (secondary N) is 1. The molecule has 0 unspecified atom stereocenters. The average Bonchev–Trinajstić information content (AvgIpc) is 3.16. The molecule has 1 aliphatic heterocycles. The first-order valence-electron chi connectivity index (χ1n) is 10.7. The lowest BCUT2D eigenvalue weighted by molar-refractivity contribution is -0.122. The zero-order chi connectivity index (χ0) is 23.8. The summed E-state index contributed by atoms with van der Waals surface area (Å²) >= 11 is 6.11. The summed E-state index contributed by atoms with van der Waals surface area (Å²) in [6.07, 6.45) is 3.46. The van der Waals surface area contributed by atoms with Crippen LogP contribution >= 0.6 is 11.6 Å². The molecule has 34 heavy (non-hydrogen) atoms. The number of anilines is 1. The van der Waals surface area contributed by atoms with Crippen LogP contribution in [0, 0.1) is 6.92 Å². The number of rotatable bonds is 4. The summed E-state index contributed by atoms with van der Waals surface area (Å²) in [7, 11) is 0. The minimum atomic E-state index is -0.802. The van der Waals surface area contributed by atoms with Crippen LogP contribution in [0.1, 0.15) is 16.7 Å². The SMILES string of the molecule is Cc1ccc(Cl)cc1N1C(=O)NC(=O)/C(=C\c2cn(Cc3ccccc3)c3ccccc23)C1=O. The third-order valence-corrected chi connectivity index (χ3v) is 6.06. The number of halogens is 1. The van der Waals surface area contributed by atoms with Crippen molar-refractivity contribution in [3.05, 3.63) is 106 Å². The van der Waals surface area contributed by atoms with E-state index in [0.717, 1.165) is 21.4 Å². The first-order valence-corrected chi connectivity index (χ1v) is 11.1. The molecule has 3 aromatic carbocycles. The maximum absolute atomic E-state index is 13.4. The monoisotopic (exact) mass is 469 g/mol. The van der Waals surface area contributed by atoms with Crippen molar-refractivity contribution in [3.63, 3.8) is 0 Å². The molecule has 1 saturated heterocycles. The van der Waals surface area contributed by atoms with Crippen molar-refractivity contribution in [1.29, 1.82) is 0 Å². The van der Waals surface area contributed by atoms with E-state index in [9.17, 15) is 14.4 Å². The first kappa shape index (κ1) is 21.7. The van der Waals surface area contributed by atoms with Crippen LogP contribution in [-0.2, 0) is 16.1 Å². The van der Waals surface area contributed by atoms with E-state index in [-0.39, 0.29) is 5.57 Å². The van der Waals surface area contributed by atoms with E-state index in [1.165, 1.54) is 6.07 Å². The second kappa shape index (κ2) is 8.65. The van der Waals surface area contributed by atoms with Crippen molar-refractivity contribution in [3.8, 4) is 0 Å². The average molecular weight is 470 g/mol. The van der Waals surface area contributed by atoms with Crippen LogP contribution in [0.2, 0.25) is 5.02 Å². The number of para-hydroxylation sites is 1. The molecule has 4 amide bonds. The molecular weight excluding hydrogens is 450 g/mol. The summed E-state index contributed by atoms with van der Waals surface area (Å²) in [5.41, 5.74) is 3.70. The highest BCUT2D eigenvalue weighted by molar-refractivity contribution is 6.40. The van der Waals surface area contributed by atoms with E-state index in [4.69, 9.17) is 11.6 Å². The van der Waals surface area contributed by atoms with Crippen LogP contribution in [0.3, 0.4) is 0 Å². The Hall–Kier alpha value is -4.16. The predicted octanol–water partition coefficient (Wildman–Crippen LogP) is 5.32. The van der Waals surface area contributed by atoms with E-state index in [2.05, 4.69) is 9.88 Å². The summed E-state index contributed by atoms with van der Waals surface area (Å²) in [4.78, 5) is 39.6. The van der Waals surface area contributed by atoms with Gasteiger partial charge >= 0.3 is 6.03 Å². The molecule has 7 heteroatoms. The minimum absolute atomic E-state index is 0.124. The minimum Gasteiger partial charge on any atom is -0.342 e. The van der Waals surface area contributed by atoms with Gasteiger partial charge in [0, 0.05) is 34.2 Å². The van der Waals surface area contributed by atoms with Crippen molar-refractivity contribution in [1.82, 2.24) is 9.88 Å². The van der Waals surface area contributed by atoms with Crippen molar-refractivity contribution in [2.75, 3.05) is 4.90 Å². The molecule has 6 nitrogen and oxygen atoms in total. The molecule has 0 radical (unpaired) electrons. The van der Waals surface area contributed by atoms with Crippen LogP contribution in [0.5, 0.6) is 0 Å². The maximum atomic E-state index is 13.4. The number of aromatic nitrogens is 1. The molecule has 1 aliphatic rings. The summed E-state index contributed by atoms with van der Waals surface area (Å²) in [6, 6.07) is 21.9. The second-order valence-electron chi connectivity index (χ2n) is 8.10. The van der Waals surface area contributed by atoms with Crippen LogP contribution in [-0.4, -0.2) is 22.4 Å². The van der Waals surface area contributed by atoms with Gasteiger partial charge in [-0.3, -0.25) is 14.9 Å². The van der Waals surface area contributed by atoms with Crippen LogP contribution in [0.4, 0.5) is 10.5 Å². The van der Waals surface area contributed by atoms with Gasteiger partial charge < -0.3 is 4.57 Å². The Bertz CT molecular complexity index is 1490. The topological polar surface area (TPSA) is 71.4 Å². The number of benzene rings is 3. The maximum Gasteiger partial charge on any atom is 0.335 e. The number of imide groups is 2. The highest BCUT2D eigenvalue weighted by Gasteiger charge is 2.37. The Morgan fingerprint density at radius 3 is 2.47 bits per heavy atom. The lowest BCUT2D eigenvalue weighted by atomic mass is 10.1. The third-order valence-electron chi connectivity index (χ3n) is 5.83. The van der Waals surface area contributed by atoms with Gasteiger partial charge in [-0.2, -0.15) is 0 Å². The highest BCUT2D eigenvalue weighted by Crippen LogP contribution is 2.30. The fourth-order valence-electron chi connectivity index (χ4n) is 4.16. The molecule has 5 rings (SSSR count). The quantitative estimate of drug-likeness (QED) is 0.325. The van der Waals surface area contributed by atoms with Gasteiger partial charge in [0.05, 0.1) is 5.69 Å². The van der Waals surface area contributed by atoms with Gasteiger partial charge in [-0.1, -0.05) is 66.2 Å². The molecular formula is C27H20ClN3O3. The fraction of sp³-hybridized carbons (Fsp3) is 0.0741. The van der Waals surface area contributed by atoms with Crippen LogP contribution in [0.15, 0.2) is 84.6 Å². The lowest BCUT2D eigenvalue weighted by Gasteiger charge is -2.27. The number of amides is 4. The van der Waals surface area contributed by atoms with Gasteiger partial charge in [0.1, 0.15) is 5.57 Å². The lowest BCUT2D eigenvalue weighted by Crippen LogP contribution is -2.54. The molecule has 1 N–H and O–H groups in total. The van der Waals surface area contributed by atoms with Crippen LogP contribution < -0.4 is 10.2 Å². The zero-order valence-corrected chi connectivity index (χ0v) is 19.0. The fourth-order valence-corrected chi connectivity index (χ4v) is 4.32. The molecule has 4 aromatic rings. The Morgan fingerprint density at radius 2 is 1.68 bits per heavy atom. The van der Waals surface area contributed by atoms with Gasteiger partial charge in [0.2, 0.25) is 0 Å². The second-order valence-corrected chi connectivity index (χ2v) is 8.54. The van der Waals surface area contributed by atoms with E-state index in [1.807, 2.05) is 60.8 Å². The number of hydrogen-bond donors (Lipinski definition) is 1. The molecule has 0 spiro atoms. The molecule has 168 valence electrons. The normalized spacial score (nSPS) is 15.3. The van der Waals surface area contributed by atoms with Gasteiger partial charge in [-0.15, -0.1) is 0 Å².